The molecular formula is C7H7ClLiN. The zero-order valence-electron chi connectivity index (χ0n) is 6.13. The molecule has 0 saturated heterocycles. The van der Waals surface area contributed by atoms with Gasteiger partial charge in [0.2, 0.25) is 0 Å². The van der Waals surface area contributed by atoms with Crippen LogP contribution in [0.15, 0.2) is 24.3 Å². The number of nitrogens with zero attached hydrogens (tertiary/aromatic N) is 1. The minimum Gasteiger partial charge on any atom is -0.687 e. The second-order valence-electron chi connectivity index (χ2n) is 1.70. The van der Waals surface area contributed by atoms with Gasteiger partial charge in [-0.25, -0.2) is 0 Å². The van der Waals surface area contributed by atoms with Gasteiger partial charge in [-0.15, -0.1) is 12.7 Å². The van der Waals surface area contributed by atoms with E-state index in [2.05, 4.69) is 5.32 Å². The Morgan fingerprint density at radius 3 is 2.10 bits per heavy atom. The van der Waals surface area contributed by atoms with Crippen LogP contribution in [-0.4, -0.2) is 7.05 Å². The Hall–Kier alpha value is -0.0926. The monoisotopic (exact) mass is 147 g/mol. The van der Waals surface area contributed by atoms with E-state index in [4.69, 9.17) is 11.6 Å². The van der Waals surface area contributed by atoms with Crippen LogP contribution in [0.2, 0.25) is 5.02 Å². The number of hydrogen-bond donors (Lipinski definition) is 0. The number of halogens is 1. The molecule has 0 amide bonds. The van der Waals surface area contributed by atoms with Crippen LogP contribution in [0.1, 0.15) is 0 Å². The summed E-state index contributed by atoms with van der Waals surface area (Å²) in [6.07, 6.45) is 0. The van der Waals surface area contributed by atoms with Crippen LogP contribution in [0, 0.1) is 0 Å². The van der Waals surface area contributed by atoms with Crippen LogP contribution in [0.4, 0.5) is 5.69 Å². The molecule has 48 valence electrons. The Bertz CT molecular complexity index is 185. The molecule has 3 heteroatoms. The predicted octanol–water partition coefficient (Wildman–Crippen LogP) is -0.0210. The average Bonchev–Trinajstić information content (AvgIpc) is 1.90. The first-order chi connectivity index (χ1) is 4.33. The summed E-state index contributed by atoms with van der Waals surface area (Å²) < 4.78 is 0. The summed E-state index contributed by atoms with van der Waals surface area (Å²) in [4.78, 5) is 0. The largest absolute Gasteiger partial charge is 1.00 e. The van der Waals surface area contributed by atoms with Gasteiger partial charge in [-0.2, -0.15) is 0 Å². The maximum atomic E-state index is 5.63. The molecule has 0 spiro atoms. The summed E-state index contributed by atoms with van der Waals surface area (Å²) in [5.74, 6) is 0. The molecule has 0 radical (unpaired) electrons. The third-order valence-corrected chi connectivity index (χ3v) is 1.34. The van der Waals surface area contributed by atoms with Gasteiger partial charge >= 0.3 is 18.9 Å². The van der Waals surface area contributed by atoms with Crippen LogP contribution in [0.5, 0.6) is 0 Å². The molecule has 0 saturated carbocycles. The molecule has 0 bridgehead atoms. The molecule has 0 aliphatic carbocycles. The van der Waals surface area contributed by atoms with Gasteiger partial charge in [0.15, 0.2) is 0 Å². The normalized spacial score (nSPS) is 8.20. The molecule has 0 atom stereocenters. The van der Waals surface area contributed by atoms with E-state index in [1.54, 1.807) is 7.05 Å². The first-order valence-corrected chi connectivity index (χ1v) is 3.06. The van der Waals surface area contributed by atoms with Crippen LogP contribution < -0.4 is 18.9 Å². The van der Waals surface area contributed by atoms with Gasteiger partial charge in [-0.05, 0) is 12.1 Å². The Kier molecular flexibility index (Phi) is 4.64. The summed E-state index contributed by atoms with van der Waals surface area (Å²) in [7, 11) is 1.75. The van der Waals surface area contributed by atoms with E-state index in [0.717, 1.165) is 10.7 Å². The molecule has 0 aliphatic heterocycles. The fourth-order valence-electron chi connectivity index (χ4n) is 0.590. The third kappa shape index (κ3) is 2.66. The minimum absolute atomic E-state index is 0. The van der Waals surface area contributed by atoms with Crippen LogP contribution in [0.25, 0.3) is 5.32 Å². The molecule has 0 fully saturated rings. The summed E-state index contributed by atoms with van der Waals surface area (Å²) >= 11 is 5.63. The summed E-state index contributed by atoms with van der Waals surface area (Å²) in [5.41, 5.74) is 0.958. The van der Waals surface area contributed by atoms with E-state index in [1.165, 1.54) is 0 Å². The van der Waals surface area contributed by atoms with Crippen molar-refractivity contribution in [3.8, 4) is 0 Å². The van der Waals surface area contributed by atoms with Crippen molar-refractivity contribution in [1.29, 1.82) is 0 Å². The van der Waals surface area contributed by atoms with Crippen LogP contribution in [-0.2, 0) is 0 Å². The van der Waals surface area contributed by atoms with E-state index >= 15 is 0 Å². The molecule has 1 nitrogen and oxygen atoms in total. The van der Waals surface area contributed by atoms with Crippen molar-refractivity contribution in [3.05, 3.63) is 34.6 Å². The molecule has 0 unspecified atom stereocenters. The second kappa shape index (κ2) is 4.68. The van der Waals surface area contributed by atoms with Crippen molar-refractivity contribution in [2.45, 2.75) is 0 Å². The molecule has 0 N–H and O–H groups in total. The number of rotatable bonds is 1. The Morgan fingerprint density at radius 2 is 1.70 bits per heavy atom. The smallest absolute Gasteiger partial charge is 0.687 e. The fraction of sp³-hybridized carbons (Fsp3) is 0.143. The first-order valence-electron chi connectivity index (χ1n) is 2.68. The van der Waals surface area contributed by atoms with Gasteiger partial charge in [0.1, 0.15) is 0 Å². The Balaban J connectivity index is 0.000000810. The van der Waals surface area contributed by atoms with Gasteiger partial charge in [-0.3, -0.25) is 0 Å². The molecule has 0 heterocycles. The van der Waals surface area contributed by atoms with Gasteiger partial charge < -0.3 is 5.32 Å². The van der Waals surface area contributed by atoms with E-state index in [-0.39, 0.29) is 18.9 Å². The average molecular weight is 148 g/mol. The van der Waals surface area contributed by atoms with Crippen LogP contribution >= 0.6 is 11.6 Å². The first kappa shape index (κ1) is 9.91. The quantitative estimate of drug-likeness (QED) is 0.496. The minimum atomic E-state index is 0. The molecule has 1 aromatic carbocycles. The maximum absolute atomic E-state index is 5.63. The molecule has 1 rings (SSSR count). The summed E-state index contributed by atoms with van der Waals surface area (Å²) in [6, 6.07) is 7.40. The van der Waals surface area contributed by atoms with Crippen molar-refractivity contribution in [2.24, 2.45) is 0 Å². The predicted molar refractivity (Wildman–Crippen MR) is 40.4 cm³/mol. The van der Waals surface area contributed by atoms with Gasteiger partial charge in [0.05, 0.1) is 0 Å². The summed E-state index contributed by atoms with van der Waals surface area (Å²) in [5, 5.41) is 4.71. The maximum Gasteiger partial charge on any atom is 1.00 e. The standard InChI is InChI=1S/C7H7ClN.Li/c1-9-7-4-2-6(8)3-5-7;/h2-5H,1H3;/q-1;+1. The topological polar surface area (TPSA) is 14.1 Å². The van der Waals surface area contributed by atoms with Crippen molar-refractivity contribution in [1.82, 2.24) is 0 Å². The van der Waals surface area contributed by atoms with E-state index in [1.807, 2.05) is 24.3 Å². The van der Waals surface area contributed by atoms with Gasteiger partial charge in [-0.1, -0.05) is 23.7 Å². The van der Waals surface area contributed by atoms with Gasteiger partial charge in [0, 0.05) is 5.02 Å². The Labute approximate surface area is 77.9 Å². The molecular weight excluding hydrogens is 140 g/mol. The van der Waals surface area contributed by atoms with Crippen LogP contribution in [0.3, 0.4) is 0 Å². The zero-order chi connectivity index (χ0) is 6.69. The molecule has 0 aromatic heterocycles. The number of hydrogen-bond acceptors (Lipinski definition) is 0. The SMILES string of the molecule is C[N-]c1ccc(Cl)cc1.[Li+]. The zero-order valence-corrected chi connectivity index (χ0v) is 6.89. The van der Waals surface area contributed by atoms with Crippen molar-refractivity contribution < 1.29 is 18.9 Å². The molecule has 1 aromatic rings. The van der Waals surface area contributed by atoms with E-state index < -0.39 is 0 Å². The number of benzene rings is 1. The second-order valence-corrected chi connectivity index (χ2v) is 2.14. The third-order valence-electron chi connectivity index (χ3n) is 1.08. The molecule has 10 heavy (non-hydrogen) atoms. The summed E-state index contributed by atoms with van der Waals surface area (Å²) in [6.45, 7) is 0. The fourth-order valence-corrected chi connectivity index (χ4v) is 0.716. The van der Waals surface area contributed by atoms with Crippen molar-refractivity contribution in [2.75, 3.05) is 7.05 Å². The molecule has 0 aliphatic rings. The van der Waals surface area contributed by atoms with Crippen molar-refractivity contribution in [3.63, 3.8) is 0 Å². The Morgan fingerprint density at radius 1 is 1.20 bits per heavy atom. The van der Waals surface area contributed by atoms with Crippen molar-refractivity contribution >= 4 is 17.3 Å². The van der Waals surface area contributed by atoms with Gasteiger partial charge in [0.25, 0.3) is 0 Å². The van der Waals surface area contributed by atoms with E-state index in [9.17, 15) is 0 Å². The van der Waals surface area contributed by atoms with E-state index in [0.29, 0.717) is 0 Å².